The molecule has 6 nitrogen and oxygen atoms in total. The van der Waals surface area contributed by atoms with Crippen molar-refractivity contribution in [2.75, 3.05) is 13.1 Å². The maximum atomic E-state index is 13.0. The first-order chi connectivity index (χ1) is 10.7. The van der Waals surface area contributed by atoms with Crippen molar-refractivity contribution in [2.24, 2.45) is 0 Å². The van der Waals surface area contributed by atoms with Crippen molar-refractivity contribution >= 4 is 5.91 Å². The summed E-state index contributed by atoms with van der Waals surface area (Å²) in [5, 5.41) is 8.04. The van der Waals surface area contributed by atoms with Gasteiger partial charge < -0.3 is 9.64 Å². The number of fused-ring (bicyclic) bond motifs is 3. The van der Waals surface area contributed by atoms with E-state index in [0.29, 0.717) is 25.3 Å². The lowest BCUT2D eigenvalue weighted by Crippen LogP contribution is -2.49. The molecule has 1 amide bonds. The predicted molar refractivity (Wildman–Crippen MR) is 74.6 cm³/mol. The molecule has 0 saturated carbocycles. The van der Waals surface area contributed by atoms with Crippen LogP contribution in [0.3, 0.4) is 0 Å². The third-order valence-corrected chi connectivity index (χ3v) is 4.31. The molecule has 2 aliphatic heterocycles. The minimum Gasteiger partial charge on any atom is -0.370 e. The number of nitrogens with zero attached hydrogens (tertiary/aromatic N) is 4. The summed E-state index contributed by atoms with van der Waals surface area (Å²) >= 11 is 0. The molecule has 2 aromatic rings. The average Bonchev–Trinajstić information content (AvgIpc) is 3.03. The molecule has 2 unspecified atom stereocenters. The van der Waals surface area contributed by atoms with E-state index in [4.69, 9.17) is 4.74 Å². The second-order valence-electron chi connectivity index (χ2n) is 5.63. The van der Waals surface area contributed by atoms with Crippen molar-refractivity contribution in [3.8, 4) is 0 Å². The van der Waals surface area contributed by atoms with Crippen LogP contribution in [0.25, 0.3) is 0 Å². The Labute approximate surface area is 126 Å². The summed E-state index contributed by atoms with van der Waals surface area (Å²) in [5.41, 5.74) is 1.42. The zero-order valence-electron chi connectivity index (χ0n) is 11.9. The Balaban J connectivity index is 1.56. The van der Waals surface area contributed by atoms with E-state index in [0.717, 1.165) is 12.1 Å². The van der Waals surface area contributed by atoms with Crippen LogP contribution >= 0.6 is 0 Å². The lowest BCUT2D eigenvalue weighted by atomic mass is 9.99. The summed E-state index contributed by atoms with van der Waals surface area (Å²) in [6.45, 7) is 1.67. The van der Waals surface area contributed by atoms with Crippen molar-refractivity contribution in [1.29, 1.82) is 0 Å². The topological polar surface area (TPSA) is 60.3 Å². The SMILES string of the molecule is O=C(c1ccc(F)cc1)N1CCC2OCc3cnnn3C2C1. The molecule has 22 heavy (non-hydrogen) atoms. The van der Waals surface area contributed by atoms with Crippen LogP contribution < -0.4 is 0 Å². The van der Waals surface area contributed by atoms with E-state index in [-0.39, 0.29) is 23.9 Å². The van der Waals surface area contributed by atoms with Crippen LogP contribution in [0.4, 0.5) is 4.39 Å². The third-order valence-electron chi connectivity index (χ3n) is 4.31. The van der Waals surface area contributed by atoms with Gasteiger partial charge in [-0.15, -0.1) is 5.10 Å². The van der Waals surface area contributed by atoms with Crippen LogP contribution in [-0.2, 0) is 11.3 Å². The van der Waals surface area contributed by atoms with Crippen molar-refractivity contribution in [3.05, 3.63) is 47.5 Å². The smallest absolute Gasteiger partial charge is 0.253 e. The van der Waals surface area contributed by atoms with Crippen molar-refractivity contribution < 1.29 is 13.9 Å². The Kier molecular flexibility index (Phi) is 3.15. The molecule has 7 heteroatoms. The van der Waals surface area contributed by atoms with E-state index in [1.165, 1.54) is 24.3 Å². The first-order valence-electron chi connectivity index (χ1n) is 7.28. The number of aromatic nitrogens is 3. The van der Waals surface area contributed by atoms with Crippen molar-refractivity contribution in [3.63, 3.8) is 0 Å². The average molecular weight is 302 g/mol. The Bertz CT molecular complexity index is 700. The van der Waals surface area contributed by atoms with Crippen LogP contribution in [-0.4, -0.2) is 45.0 Å². The molecular formula is C15H15FN4O2. The van der Waals surface area contributed by atoms with Crippen LogP contribution in [0.15, 0.2) is 30.5 Å². The first-order valence-corrected chi connectivity index (χ1v) is 7.28. The second kappa shape index (κ2) is 5.17. The maximum absolute atomic E-state index is 13.0. The Hall–Kier alpha value is -2.28. The van der Waals surface area contributed by atoms with Crippen molar-refractivity contribution in [2.45, 2.75) is 25.2 Å². The maximum Gasteiger partial charge on any atom is 0.253 e. The molecule has 0 aliphatic carbocycles. The molecule has 0 spiro atoms. The predicted octanol–water partition coefficient (Wildman–Crippen LogP) is 1.40. The van der Waals surface area contributed by atoms with Gasteiger partial charge in [-0.3, -0.25) is 4.79 Å². The molecule has 1 aromatic carbocycles. The fraction of sp³-hybridized carbons (Fsp3) is 0.400. The lowest BCUT2D eigenvalue weighted by molar-refractivity contribution is -0.0605. The molecule has 0 bridgehead atoms. The normalized spacial score (nSPS) is 23.8. The standard InChI is InChI=1S/C15H15FN4O2/c16-11-3-1-10(2-4-11)15(21)19-6-5-14-13(8-19)20-12(9-22-14)7-17-18-20/h1-4,7,13-14H,5-6,8-9H2. The van der Waals surface area contributed by atoms with Gasteiger partial charge in [0.15, 0.2) is 0 Å². The first kappa shape index (κ1) is 13.4. The van der Waals surface area contributed by atoms with Crippen LogP contribution in [0.5, 0.6) is 0 Å². The molecule has 0 N–H and O–H groups in total. The minimum atomic E-state index is -0.344. The molecular weight excluding hydrogens is 287 g/mol. The van der Waals surface area contributed by atoms with E-state index in [9.17, 15) is 9.18 Å². The van der Waals surface area contributed by atoms with Crippen LogP contribution in [0.2, 0.25) is 0 Å². The number of likely N-dealkylation sites (tertiary alicyclic amines) is 1. The fourth-order valence-electron chi connectivity index (χ4n) is 3.14. The largest absolute Gasteiger partial charge is 0.370 e. The monoisotopic (exact) mass is 302 g/mol. The lowest BCUT2D eigenvalue weighted by Gasteiger charge is -2.41. The summed E-state index contributed by atoms with van der Waals surface area (Å²) in [7, 11) is 0. The number of hydrogen-bond acceptors (Lipinski definition) is 4. The van der Waals surface area contributed by atoms with Crippen LogP contribution in [0.1, 0.15) is 28.5 Å². The summed E-state index contributed by atoms with van der Waals surface area (Å²) in [5.74, 6) is -0.436. The summed E-state index contributed by atoms with van der Waals surface area (Å²) in [4.78, 5) is 14.3. The van der Waals surface area contributed by atoms with Gasteiger partial charge in [0.25, 0.3) is 5.91 Å². The highest BCUT2D eigenvalue weighted by atomic mass is 19.1. The Morgan fingerprint density at radius 3 is 2.95 bits per heavy atom. The van der Waals surface area contributed by atoms with Crippen molar-refractivity contribution in [1.82, 2.24) is 19.9 Å². The number of carbonyl (C=O) groups is 1. The third kappa shape index (κ3) is 2.18. The number of rotatable bonds is 1. The number of benzene rings is 1. The van der Waals surface area contributed by atoms with Gasteiger partial charge in [-0.2, -0.15) is 0 Å². The summed E-state index contributed by atoms with van der Waals surface area (Å²) < 4.78 is 20.7. The molecule has 1 saturated heterocycles. The quantitative estimate of drug-likeness (QED) is 0.799. The molecule has 0 radical (unpaired) electrons. The van der Waals surface area contributed by atoms with E-state index < -0.39 is 0 Å². The van der Waals surface area contributed by atoms with Gasteiger partial charge in [0.2, 0.25) is 0 Å². The number of carbonyl (C=O) groups excluding carboxylic acids is 1. The van der Waals surface area contributed by atoms with E-state index >= 15 is 0 Å². The fourth-order valence-corrected chi connectivity index (χ4v) is 3.14. The molecule has 1 aromatic heterocycles. The highest BCUT2D eigenvalue weighted by Crippen LogP contribution is 2.30. The van der Waals surface area contributed by atoms with Gasteiger partial charge in [-0.1, -0.05) is 5.21 Å². The second-order valence-corrected chi connectivity index (χ2v) is 5.63. The van der Waals surface area contributed by atoms with Gasteiger partial charge in [0.05, 0.1) is 30.6 Å². The van der Waals surface area contributed by atoms with E-state index in [2.05, 4.69) is 10.3 Å². The molecule has 3 heterocycles. The highest BCUT2D eigenvalue weighted by Gasteiger charge is 2.37. The summed E-state index contributed by atoms with van der Waals surface area (Å²) in [6, 6.07) is 5.63. The minimum absolute atomic E-state index is 0.00982. The zero-order chi connectivity index (χ0) is 15.1. The number of amides is 1. The Morgan fingerprint density at radius 2 is 2.14 bits per heavy atom. The Morgan fingerprint density at radius 1 is 1.32 bits per heavy atom. The van der Waals surface area contributed by atoms with Gasteiger partial charge in [-0.25, -0.2) is 9.07 Å². The highest BCUT2D eigenvalue weighted by molar-refractivity contribution is 5.94. The number of hydrogen-bond donors (Lipinski definition) is 0. The van der Waals surface area contributed by atoms with Gasteiger partial charge in [0, 0.05) is 18.7 Å². The van der Waals surface area contributed by atoms with E-state index in [1.54, 1.807) is 11.1 Å². The summed E-state index contributed by atoms with van der Waals surface area (Å²) in [6.07, 6.45) is 2.51. The van der Waals surface area contributed by atoms with Gasteiger partial charge in [0.1, 0.15) is 5.82 Å². The number of halogens is 1. The van der Waals surface area contributed by atoms with Gasteiger partial charge in [-0.05, 0) is 30.7 Å². The van der Waals surface area contributed by atoms with Crippen LogP contribution in [0, 0.1) is 5.82 Å². The molecule has 4 rings (SSSR count). The number of ether oxygens (including phenoxy) is 1. The molecule has 2 atom stereocenters. The molecule has 2 aliphatic rings. The number of piperidine rings is 1. The van der Waals surface area contributed by atoms with Gasteiger partial charge >= 0.3 is 0 Å². The van der Waals surface area contributed by atoms with E-state index in [1.807, 2.05) is 4.68 Å². The zero-order valence-corrected chi connectivity index (χ0v) is 11.9. The molecule has 114 valence electrons. The molecule has 1 fully saturated rings.